The number of fused-ring (bicyclic) bond motifs is 2. The number of nitrogens with zero attached hydrogens (tertiary/aromatic N) is 2. The van der Waals surface area contributed by atoms with Gasteiger partial charge < -0.3 is 25.2 Å². The van der Waals surface area contributed by atoms with Gasteiger partial charge in [0.05, 0.1) is 12.1 Å². The Morgan fingerprint density at radius 1 is 1.12 bits per heavy atom. The van der Waals surface area contributed by atoms with Crippen molar-refractivity contribution in [2.24, 2.45) is 5.92 Å². The van der Waals surface area contributed by atoms with E-state index in [-0.39, 0.29) is 37.2 Å². The molecule has 1 saturated carbocycles. The summed E-state index contributed by atoms with van der Waals surface area (Å²) >= 11 is 0. The van der Waals surface area contributed by atoms with Gasteiger partial charge >= 0.3 is 0 Å². The van der Waals surface area contributed by atoms with Crippen molar-refractivity contribution < 1.29 is 23.9 Å². The van der Waals surface area contributed by atoms with Crippen LogP contribution in [0.3, 0.4) is 0 Å². The maximum absolute atomic E-state index is 13.1. The number of hydrogen-bond donors (Lipinski definition) is 2. The molecular weight excluding hydrogens is 424 g/mol. The fourth-order valence-corrected chi connectivity index (χ4v) is 4.37. The first kappa shape index (κ1) is 23.1. The fraction of sp³-hybridized carbons (Fsp3) is 0.583. The molecule has 0 unspecified atom stereocenters. The van der Waals surface area contributed by atoms with Crippen LogP contribution in [0.15, 0.2) is 24.3 Å². The van der Waals surface area contributed by atoms with E-state index in [9.17, 15) is 19.2 Å². The molecule has 4 rings (SSSR count). The Bertz CT molecular complexity index is 916. The van der Waals surface area contributed by atoms with E-state index in [4.69, 9.17) is 4.74 Å². The van der Waals surface area contributed by atoms with Gasteiger partial charge in [-0.25, -0.2) is 0 Å². The van der Waals surface area contributed by atoms with E-state index in [1.807, 2.05) is 0 Å². The van der Waals surface area contributed by atoms with Gasteiger partial charge in [0.2, 0.25) is 17.7 Å². The second kappa shape index (κ2) is 10.2. The normalized spacial score (nSPS) is 24.7. The van der Waals surface area contributed by atoms with E-state index < -0.39 is 18.0 Å². The Balaban J connectivity index is 1.56. The molecule has 0 bridgehead atoms. The molecule has 2 aliphatic heterocycles. The summed E-state index contributed by atoms with van der Waals surface area (Å²) in [4.78, 5) is 55.1. The standard InChI is InChI=1S/C24H32N4O5/c1-27-13-14-33-20-7-3-2-5-17(20)22(30)26-18(23(31)25-15-16-8-9-16)10-11-21(29)28-12-4-6-19(28)24(27)32/h2-3,5,7,16,18-19H,4,6,8-15H2,1H3,(H,25,31)(H,26,30)/t18-,19-/m0/s1. The molecule has 178 valence electrons. The lowest BCUT2D eigenvalue weighted by molar-refractivity contribution is -0.143. The van der Waals surface area contributed by atoms with Crippen LogP contribution in [0.1, 0.15) is 48.9 Å². The second-order valence-corrected chi connectivity index (χ2v) is 9.10. The zero-order valence-corrected chi connectivity index (χ0v) is 19.0. The molecule has 2 atom stereocenters. The van der Waals surface area contributed by atoms with Crippen LogP contribution in [0.2, 0.25) is 0 Å². The Labute approximate surface area is 193 Å². The van der Waals surface area contributed by atoms with E-state index in [1.165, 1.54) is 0 Å². The van der Waals surface area contributed by atoms with Crippen LogP contribution < -0.4 is 15.4 Å². The fourth-order valence-electron chi connectivity index (χ4n) is 4.37. The number of carbonyl (C=O) groups excluding carboxylic acids is 4. The smallest absolute Gasteiger partial charge is 0.255 e. The molecule has 0 spiro atoms. The highest BCUT2D eigenvalue weighted by Gasteiger charge is 2.36. The van der Waals surface area contributed by atoms with Crippen molar-refractivity contribution in [1.82, 2.24) is 20.4 Å². The lowest BCUT2D eigenvalue weighted by Crippen LogP contribution is -2.49. The minimum Gasteiger partial charge on any atom is -0.491 e. The molecule has 9 heteroatoms. The van der Waals surface area contributed by atoms with Crippen molar-refractivity contribution in [2.75, 3.05) is 33.3 Å². The first-order valence-corrected chi connectivity index (χ1v) is 11.8. The Hall–Kier alpha value is -3.10. The predicted octanol–water partition coefficient (Wildman–Crippen LogP) is 0.933. The zero-order valence-electron chi connectivity index (χ0n) is 19.0. The van der Waals surface area contributed by atoms with E-state index in [1.54, 1.807) is 41.1 Å². The van der Waals surface area contributed by atoms with Crippen LogP contribution in [-0.4, -0.2) is 78.8 Å². The van der Waals surface area contributed by atoms with Crippen LogP contribution in [0.25, 0.3) is 0 Å². The molecule has 1 saturated heterocycles. The van der Waals surface area contributed by atoms with Crippen molar-refractivity contribution >= 4 is 23.6 Å². The molecular formula is C24H32N4O5. The molecule has 2 N–H and O–H groups in total. The van der Waals surface area contributed by atoms with Gasteiger partial charge in [-0.3, -0.25) is 19.2 Å². The molecule has 2 fully saturated rings. The zero-order chi connectivity index (χ0) is 23.4. The minimum absolute atomic E-state index is 0.0768. The van der Waals surface area contributed by atoms with Gasteiger partial charge in [-0.2, -0.15) is 0 Å². The lowest BCUT2D eigenvalue weighted by atomic mass is 10.1. The molecule has 4 amide bonds. The lowest BCUT2D eigenvalue weighted by Gasteiger charge is -2.28. The van der Waals surface area contributed by atoms with Gasteiger partial charge in [-0.15, -0.1) is 0 Å². The highest BCUT2D eigenvalue weighted by molar-refractivity contribution is 5.99. The highest BCUT2D eigenvalue weighted by Crippen LogP contribution is 2.27. The molecule has 1 aromatic rings. The SMILES string of the molecule is CN1CCOc2ccccc2C(=O)N[C@H](C(=O)NCC2CC2)CCC(=O)N2CCC[C@H]2C1=O. The molecule has 0 aromatic heterocycles. The first-order chi connectivity index (χ1) is 15.9. The van der Waals surface area contributed by atoms with Crippen molar-refractivity contribution in [1.29, 1.82) is 0 Å². The molecule has 1 aliphatic carbocycles. The summed E-state index contributed by atoms with van der Waals surface area (Å²) in [6.45, 7) is 1.64. The number of benzene rings is 1. The third-order valence-electron chi connectivity index (χ3n) is 6.58. The minimum atomic E-state index is -0.849. The average Bonchev–Trinajstić information content (AvgIpc) is 3.52. The van der Waals surface area contributed by atoms with Crippen LogP contribution in [0.5, 0.6) is 5.75 Å². The second-order valence-electron chi connectivity index (χ2n) is 9.10. The van der Waals surface area contributed by atoms with Crippen molar-refractivity contribution in [3.8, 4) is 5.75 Å². The van der Waals surface area contributed by atoms with E-state index in [0.29, 0.717) is 43.3 Å². The monoisotopic (exact) mass is 456 g/mol. The van der Waals surface area contributed by atoms with E-state index >= 15 is 0 Å². The number of likely N-dealkylation sites (N-methyl/N-ethyl adjacent to an activating group) is 1. The van der Waals surface area contributed by atoms with Crippen molar-refractivity contribution in [2.45, 2.75) is 50.6 Å². The summed E-state index contributed by atoms with van der Waals surface area (Å²) in [5, 5.41) is 5.71. The largest absolute Gasteiger partial charge is 0.491 e. The summed E-state index contributed by atoms with van der Waals surface area (Å²) in [5.74, 6) is -0.111. The maximum Gasteiger partial charge on any atom is 0.255 e. The van der Waals surface area contributed by atoms with E-state index in [0.717, 1.165) is 19.3 Å². The summed E-state index contributed by atoms with van der Waals surface area (Å²) in [5.41, 5.74) is 0.313. The summed E-state index contributed by atoms with van der Waals surface area (Å²) < 4.78 is 5.83. The number of para-hydroxylation sites is 1. The number of hydrogen-bond acceptors (Lipinski definition) is 5. The Morgan fingerprint density at radius 3 is 2.70 bits per heavy atom. The molecule has 0 radical (unpaired) electrons. The molecule has 33 heavy (non-hydrogen) atoms. The third kappa shape index (κ3) is 5.64. The average molecular weight is 457 g/mol. The van der Waals surface area contributed by atoms with Crippen LogP contribution in [0.4, 0.5) is 0 Å². The maximum atomic E-state index is 13.1. The summed E-state index contributed by atoms with van der Waals surface area (Å²) in [6.07, 6.45) is 3.83. The molecule has 3 aliphatic rings. The Kier molecular flexibility index (Phi) is 7.15. The Morgan fingerprint density at radius 2 is 1.91 bits per heavy atom. The van der Waals surface area contributed by atoms with Gasteiger partial charge in [-0.05, 0) is 50.2 Å². The van der Waals surface area contributed by atoms with Gasteiger partial charge in [-0.1, -0.05) is 12.1 Å². The summed E-state index contributed by atoms with van der Waals surface area (Å²) in [6, 6.07) is 5.49. The first-order valence-electron chi connectivity index (χ1n) is 11.8. The van der Waals surface area contributed by atoms with Crippen molar-refractivity contribution in [3.63, 3.8) is 0 Å². The number of rotatable bonds is 3. The van der Waals surface area contributed by atoms with Crippen LogP contribution >= 0.6 is 0 Å². The topological polar surface area (TPSA) is 108 Å². The van der Waals surface area contributed by atoms with Crippen LogP contribution in [-0.2, 0) is 14.4 Å². The quantitative estimate of drug-likeness (QED) is 0.704. The number of amides is 4. The summed E-state index contributed by atoms with van der Waals surface area (Å²) in [7, 11) is 1.70. The molecule has 1 aromatic carbocycles. The third-order valence-corrected chi connectivity index (χ3v) is 6.58. The van der Waals surface area contributed by atoms with Gasteiger partial charge in [0, 0.05) is 26.6 Å². The number of carbonyl (C=O) groups is 4. The van der Waals surface area contributed by atoms with Crippen LogP contribution in [0, 0.1) is 5.92 Å². The van der Waals surface area contributed by atoms with Gasteiger partial charge in [0.25, 0.3) is 5.91 Å². The van der Waals surface area contributed by atoms with Gasteiger partial charge in [0.15, 0.2) is 0 Å². The molecule has 9 nitrogen and oxygen atoms in total. The van der Waals surface area contributed by atoms with Crippen molar-refractivity contribution in [3.05, 3.63) is 29.8 Å². The number of nitrogens with one attached hydrogen (secondary N) is 2. The molecule has 2 heterocycles. The highest BCUT2D eigenvalue weighted by atomic mass is 16.5. The van der Waals surface area contributed by atoms with Gasteiger partial charge in [0.1, 0.15) is 24.4 Å². The van der Waals surface area contributed by atoms with E-state index in [2.05, 4.69) is 10.6 Å². The predicted molar refractivity (Wildman–Crippen MR) is 121 cm³/mol. The number of ether oxygens (including phenoxy) is 1.